The van der Waals surface area contributed by atoms with Gasteiger partial charge in [0, 0.05) is 12.1 Å². The topological polar surface area (TPSA) is 79.3 Å². The summed E-state index contributed by atoms with van der Waals surface area (Å²) in [5.74, 6) is 0.362. The van der Waals surface area contributed by atoms with Gasteiger partial charge in [-0.3, -0.25) is 9.69 Å². The molecule has 0 aromatic heterocycles. The highest BCUT2D eigenvalue weighted by atomic mass is 16.5. The second-order valence-electron chi connectivity index (χ2n) is 5.55. The van der Waals surface area contributed by atoms with E-state index in [1.807, 2.05) is 37.3 Å². The normalized spacial score (nSPS) is 16.4. The van der Waals surface area contributed by atoms with Crippen LogP contribution in [0.1, 0.15) is 11.1 Å². The van der Waals surface area contributed by atoms with Gasteiger partial charge in [0.1, 0.15) is 12.3 Å². The van der Waals surface area contributed by atoms with E-state index >= 15 is 0 Å². The van der Waals surface area contributed by atoms with Crippen LogP contribution in [-0.2, 0) is 11.2 Å². The molecule has 0 fully saturated rings. The minimum absolute atomic E-state index is 0.0249. The van der Waals surface area contributed by atoms with Crippen LogP contribution in [0.15, 0.2) is 42.5 Å². The summed E-state index contributed by atoms with van der Waals surface area (Å²) in [6.07, 6.45) is -0.169. The van der Waals surface area contributed by atoms with Gasteiger partial charge in [-0.25, -0.2) is 0 Å². The van der Waals surface area contributed by atoms with E-state index in [1.54, 1.807) is 18.2 Å². The number of ether oxygens (including phenoxy) is 1. The molecule has 0 bridgehead atoms. The largest absolute Gasteiger partial charge is 0.478 e. The zero-order valence-electron chi connectivity index (χ0n) is 12.8. The van der Waals surface area contributed by atoms with Crippen molar-refractivity contribution in [2.45, 2.75) is 19.4 Å². The molecule has 1 heterocycles. The Bertz CT molecular complexity index is 795. The maximum Gasteiger partial charge on any atom is 0.269 e. The van der Waals surface area contributed by atoms with E-state index in [4.69, 9.17) is 15.7 Å². The molecule has 1 unspecified atom stereocenters. The van der Waals surface area contributed by atoms with E-state index in [2.05, 4.69) is 0 Å². The Hall–Kier alpha value is -3.00. The van der Waals surface area contributed by atoms with Gasteiger partial charge in [0.15, 0.2) is 6.10 Å². The number of nitrogens with zero attached hydrogens (tertiary/aromatic N) is 2. The van der Waals surface area contributed by atoms with Gasteiger partial charge in [0.05, 0.1) is 11.8 Å². The first-order chi connectivity index (χ1) is 11.1. The second kappa shape index (κ2) is 6.01. The van der Waals surface area contributed by atoms with E-state index in [9.17, 15) is 4.79 Å². The van der Waals surface area contributed by atoms with Crippen LogP contribution in [0.5, 0.6) is 5.75 Å². The van der Waals surface area contributed by atoms with E-state index in [0.29, 0.717) is 23.5 Å². The third-order valence-electron chi connectivity index (χ3n) is 3.98. The quantitative estimate of drug-likeness (QED) is 0.697. The summed E-state index contributed by atoms with van der Waals surface area (Å²) >= 11 is 0. The van der Waals surface area contributed by atoms with Crippen LogP contribution in [-0.4, -0.2) is 18.6 Å². The van der Waals surface area contributed by atoms with Crippen LogP contribution in [0.25, 0.3) is 0 Å². The Labute approximate surface area is 134 Å². The van der Waals surface area contributed by atoms with Crippen molar-refractivity contribution in [1.82, 2.24) is 0 Å². The molecular formula is C18H17N3O2. The smallest absolute Gasteiger partial charge is 0.269 e. The summed E-state index contributed by atoms with van der Waals surface area (Å²) in [5, 5.41) is 9.04. The molecule has 116 valence electrons. The average Bonchev–Trinajstić information content (AvgIpc) is 2.54. The molecule has 0 spiro atoms. The van der Waals surface area contributed by atoms with Crippen molar-refractivity contribution in [2.75, 3.05) is 17.2 Å². The number of fused-ring (bicyclic) bond motifs is 1. The summed E-state index contributed by atoms with van der Waals surface area (Å²) in [6.45, 7) is 1.98. The number of amides is 1. The van der Waals surface area contributed by atoms with Gasteiger partial charge in [-0.1, -0.05) is 24.3 Å². The Balaban J connectivity index is 1.95. The summed E-state index contributed by atoms with van der Waals surface area (Å²) < 4.78 is 5.88. The minimum atomic E-state index is -0.638. The Morgan fingerprint density at radius 2 is 2.09 bits per heavy atom. The lowest BCUT2D eigenvalue weighted by atomic mass is 10.0. The van der Waals surface area contributed by atoms with Crippen molar-refractivity contribution >= 4 is 17.3 Å². The van der Waals surface area contributed by atoms with E-state index < -0.39 is 6.10 Å². The molecule has 1 amide bonds. The van der Waals surface area contributed by atoms with Crippen molar-refractivity contribution in [3.8, 4) is 11.8 Å². The number of carbonyl (C=O) groups is 1. The van der Waals surface area contributed by atoms with Crippen LogP contribution >= 0.6 is 0 Å². The third kappa shape index (κ3) is 2.84. The summed E-state index contributed by atoms with van der Waals surface area (Å²) in [6, 6.07) is 15.1. The number of benzene rings is 2. The number of anilines is 2. The maximum atomic E-state index is 12.7. The molecule has 0 saturated heterocycles. The number of nitrogens with two attached hydrogens (primary N) is 1. The highest BCUT2D eigenvalue weighted by molar-refractivity contribution is 6.01. The maximum absolute atomic E-state index is 12.7. The van der Waals surface area contributed by atoms with E-state index in [-0.39, 0.29) is 12.5 Å². The third-order valence-corrected chi connectivity index (χ3v) is 3.98. The zero-order valence-corrected chi connectivity index (χ0v) is 12.8. The first kappa shape index (κ1) is 14.9. The highest BCUT2D eigenvalue weighted by Crippen LogP contribution is 2.36. The van der Waals surface area contributed by atoms with Crippen LogP contribution in [0, 0.1) is 18.3 Å². The van der Waals surface area contributed by atoms with Crippen LogP contribution < -0.4 is 15.4 Å². The summed E-state index contributed by atoms with van der Waals surface area (Å²) in [4.78, 5) is 14.2. The SMILES string of the molecule is Cc1ccccc1CC1Oc2ccc(N)cc2N(CC#N)C1=O. The molecule has 5 nitrogen and oxygen atoms in total. The molecule has 1 atom stereocenters. The molecule has 2 N–H and O–H groups in total. The molecule has 1 aliphatic rings. The molecule has 2 aromatic carbocycles. The predicted molar refractivity (Wildman–Crippen MR) is 88.1 cm³/mol. The van der Waals surface area contributed by atoms with E-state index in [1.165, 1.54) is 4.90 Å². The lowest BCUT2D eigenvalue weighted by Gasteiger charge is -2.33. The van der Waals surface area contributed by atoms with E-state index in [0.717, 1.165) is 11.1 Å². The first-order valence-electron chi connectivity index (χ1n) is 7.39. The van der Waals surface area contributed by atoms with Crippen LogP contribution in [0.2, 0.25) is 0 Å². The fraction of sp³-hybridized carbons (Fsp3) is 0.222. The predicted octanol–water partition coefficient (Wildman–Crippen LogP) is 2.44. The van der Waals surface area contributed by atoms with Gasteiger partial charge >= 0.3 is 0 Å². The monoisotopic (exact) mass is 307 g/mol. The molecule has 5 heteroatoms. The van der Waals surface area contributed by atoms with Crippen molar-refractivity contribution in [3.05, 3.63) is 53.6 Å². The number of hydrogen-bond acceptors (Lipinski definition) is 4. The number of nitriles is 1. The van der Waals surface area contributed by atoms with Crippen molar-refractivity contribution < 1.29 is 9.53 Å². The number of rotatable bonds is 3. The van der Waals surface area contributed by atoms with Crippen molar-refractivity contribution in [3.63, 3.8) is 0 Å². The lowest BCUT2D eigenvalue weighted by Crippen LogP contribution is -2.47. The molecule has 0 radical (unpaired) electrons. The number of aryl methyl sites for hydroxylation is 1. The number of carbonyl (C=O) groups excluding carboxylic acids is 1. The number of hydrogen-bond donors (Lipinski definition) is 1. The molecule has 3 rings (SSSR count). The minimum Gasteiger partial charge on any atom is -0.478 e. The molecule has 0 aliphatic carbocycles. The van der Waals surface area contributed by atoms with Gasteiger partial charge in [-0.15, -0.1) is 0 Å². The van der Waals surface area contributed by atoms with Gasteiger partial charge < -0.3 is 10.5 Å². The molecule has 23 heavy (non-hydrogen) atoms. The van der Waals surface area contributed by atoms with Crippen molar-refractivity contribution in [2.24, 2.45) is 0 Å². The second-order valence-corrected chi connectivity index (χ2v) is 5.55. The zero-order chi connectivity index (χ0) is 16.4. The Morgan fingerprint density at radius 1 is 1.30 bits per heavy atom. The van der Waals surface area contributed by atoms with Gasteiger partial charge in [-0.05, 0) is 36.2 Å². The first-order valence-corrected chi connectivity index (χ1v) is 7.39. The fourth-order valence-electron chi connectivity index (χ4n) is 2.74. The average molecular weight is 307 g/mol. The standard InChI is InChI=1S/C18H17N3O2/c1-12-4-2-3-5-13(12)10-17-18(22)21(9-8-19)15-11-14(20)6-7-16(15)23-17/h2-7,11,17H,9-10,20H2,1H3. The Morgan fingerprint density at radius 3 is 2.83 bits per heavy atom. The van der Waals surface area contributed by atoms with Crippen LogP contribution in [0.4, 0.5) is 11.4 Å². The van der Waals surface area contributed by atoms with Crippen molar-refractivity contribution in [1.29, 1.82) is 5.26 Å². The summed E-state index contributed by atoms with van der Waals surface area (Å²) in [5.41, 5.74) is 9.04. The molecule has 0 saturated carbocycles. The number of nitrogen functional groups attached to an aromatic ring is 1. The fourth-order valence-corrected chi connectivity index (χ4v) is 2.74. The van der Waals surface area contributed by atoms with Crippen LogP contribution in [0.3, 0.4) is 0 Å². The molecule has 2 aromatic rings. The highest BCUT2D eigenvalue weighted by Gasteiger charge is 2.34. The molecular weight excluding hydrogens is 290 g/mol. The molecule has 1 aliphatic heterocycles. The van der Waals surface area contributed by atoms with Gasteiger partial charge in [-0.2, -0.15) is 5.26 Å². The Kier molecular flexibility index (Phi) is 3.90. The van der Waals surface area contributed by atoms with Gasteiger partial charge in [0.2, 0.25) is 0 Å². The van der Waals surface area contributed by atoms with Gasteiger partial charge in [0.25, 0.3) is 5.91 Å². The summed E-state index contributed by atoms with van der Waals surface area (Å²) in [7, 11) is 0. The lowest BCUT2D eigenvalue weighted by molar-refractivity contribution is -0.126.